The molecular weight excluding hydrogens is 174 g/mol. The number of hydrogen-bond acceptors (Lipinski definition) is 1. The van der Waals surface area contributed by atoms with E-state index in [1.54, 1.807) is 6.08 Å². The minimum absolute atomic E-state index is 0.0729. The molecule has 1 N–H and O–H groups in total. The van der Waals surface area contributed by atoms with Crippen molar-refractivity contribution in [2.24, 2.45) is 5.92 Å². The first-order valence-electron chi connectivity index (χ1n) is 5.55. The molecule has 0 aromatic heterocycles. The van der Waals surface area contributed by atoms with Crippen LogP contribution in [0, 0.1) is 5.92 Å². The molecule has 0 heterocycles. The van der Waals surface area contributed by atoms with Gasteiger partial charge in [-0.2, -0.15) is 0 Å². The lowest BCUT2D eigenvalue weighted by molar-refractivity contribution is -0.117. The zero-order valence-corrected chi connectivity index (χ0v) is 9.47. The summed E-state index contributed by atoms with van der Waals surface area (Å²) < 4.78 is 0. The Morgan fingerprint density at radius 3 is 2.50 bits per heavy atom. The molecule has 1 aliphatic rings. The first-order chi connectivity index (χ1) is 6.59. The molecule has 0 aromatic carbocycles. The number of carbonyl (C=O) groups is 1. The summed E-state index contributed by atoms with van der Waals surface area (Å²) in [6.07, 6.45) is 6.64. The first kappa shape index (κ1) is 11.3. The van der Waals surface area contributed by atoms with Gasteiger partial charge in [0.2, 0.25) is 5.91 Å². The Labute approximate surface area is 86.8 Å². The fourth-order valence-corrected chi connectivity index (χ4v) is 2.02. The van der Waals surface area contributed by atoms with Crippen LogP contribution in [0.3, 0.4) is 0 Å². The summed E-state index contributed by atoms with van der Waals surface area (Å²) in [6.45, 7) is 6.13. The van der Waals surface area contributed by atoms with Crippen LogP contribution >= 0.6 is 0 Å². The molecule has 0 aliphatic heterocycles. The van der Waals surface area contributed by atoms with Crippen LogP contribution in [0.2, 0.25) is 0 Å². The Kier molecular flexibility index (Phi) is 4.18. The van der Waals surface area contributed by atoms with Crippen LogP contribution in [-0.4, -0.2) is 11.9 Å². The highest BCUT2D eigenvalue weighted by molar-refractivity contribution is 5.88. The van der Waals surface area contributed by atoms with E-state index >= 15 is 0 Å². The van der Waals surface area contributed by atoms with Gasteiger partial charge in [0, 0.05) is 12.1 Å². The van der Waals surface area contributed by atoms with Crippen molar-refractivity contribution in [2.75, 3.05) is 0 Å². The predicted molar refractivity (Wildman–Crippen MR) is 59.0 cm³/mol. The predicted octanol–water partition coefficient (Wildman–Crippen LogP) is 2.65. The van der Waals surface area contributed by atoms with Crippen LogP contribution in [0.1, 0.15) is 46.5 Å². The van der Waals surface area contributed by atoms with Crippen LogP contribution in [0.15, 0.2) is 11.6 Å². The highest BCUT2D eigenvalue weighted by Crippen LogP contribution is 2.23. The first-order valence-corrected chi connectivity index (χ1v) is 5.55. The van der Waals surface area contributed by atoms with Gasteiger partial charge in [0.15, 0.2) is 0 Å². The second kappa shape index (κ2) is 5.18. The minimum atomic E-state index is 0.0729. The highest BCUT2D eigenvalue weighted by Gasteiger charge is 2.21. The van der Waals surface area contributed by atoms with Gasteiger partial charge in [-0.25, -0.2) is 0 Å². The summed E-state index contributed by atoms with van der Waals surface area (Å²) >= 11 is 0. The fourth-order valence-electron chi connectivity index (χ4n) is 2.02. The largest absolute Gasteiger partial charge is 0.350 e. The lowest BCUT2D eigenvalue weighted by Crippen LogP contribution is -2.40. The summed E-state index contributed by atoms with van der Waals surface area (Å²) in [7, 11) is 0. The van der Waals surface area contributed by atoms with Crippen LogP contribution in [0.4, 0.5) is 0 Å². The van der Waals surface area contributed by atoms with E-state index < -0.39 is 0 Å². The van der Waals surface area contributed by atoms with Crippen LogP contribution in [0.25, 0.3) is 0 Å². The van der Waals surface area contributed by atoms with Gasteiger partial charge in [0.25, 0.3) is 0 Å². The Morgan fingerprint density at radius 2 is 1.93 bits per heavy atom. The number of amides is 1. The SMILES string of the molecule is CC(C)=CC(=O)NC1CCCCC1C. The number of hydrogen-bond donors (Lipinski definition) is 1. The van der Waals surface area contributed by atoms with Crippen molar-refractivity contribution in [1.29, 1.82) is 0 Å². The number of allylic oxidation sites excluding steroid dienone is 1. The van der Waals surface area contributed by atoms with E-state index in [0.717, 1.165) is 12.0 Å². The maximum absolute atomic E-state index is 11.5. The standard InChI is InChI=1S/C12H21NO/c1-9(2)8-12(14)13-11-7-5-4-6-10(11)3/h8,10-11H,4-7H2,1-3H3,(H,13,14). The third-order valence-electron chi connectivity index (χ3n) is 2.86. The molecule has 0 spiro atoms. The van der Waals surface area contributed by atoms with E-state index in [1.807, 2.05) is 13.8 Å². The van der Waals surface area contributed by atoms with Crippen molar-refractivity contribution in [3.8, 4) is 0 Å². The van der Waals surface area contributed by atoms with Crippen molar-refractivity contribution in [1.82, 2.24) is 5.32 Å². The molecule has 1 fully saturated rings. The Balaban J connectivity index is 2.42. The molecule has 0 aromatic rings. The molecule has 1 aliphatic carbocycles. The van der Waals surface area contributed by atoms with E-state index in [-0.39, 0.29) is 5.91 Å². The second-order valence-electron chi connectivity index (χ2n) is 4.60. The molecule has 2 atom stereocenters. The quantitative estimate of drug-likeness (QED) is 0.674. The number of carbonyl (C=O) groups excluding carboxylic acids is 1. The van der Waals surface area contributed by atoms with Crippen molar-refractivity contribution < 1.29 is 4.79 Å². The lowest BCUT2D eigenvalue weighted by atomic mass is 9.86. The molecule has 80 valence electrons. The highest BCUT2D eigenvalue weighted by atomic mass is 16.1. The summed E-state index contributed by atoms with van der Waals surface area (Å²) in [5.41, 5.74) is 1.06. The number of rotatable bonds is 2. The van der Waals surface area contributed by atoms with E-state index in [4.69, 9.17) is 0 Å². The molecular formula is C12H21NO. The van der Waals surface area contributed by atoms with Crippen LogP contribution in [-0.2, 0) is 4.79 Å². The summed E-state index contributed by atoms with van der Waals surface area (Å²) in [6, 6.07) is 0.395. The molecule has 0 saturated heterocycles. The van der Waals surface area contributed by atoms with E-state index in [0.29, 0.717) is 12.0 Å². The van der Waals surface area contributed by atoms with E-state index in [2.05, 4.69) is 12.2 Å². The van der Waals surface area contributed by atoms with Gasteiger partial charge in [-0.15, -0.1) is 0 Å². The molecule has 14 heavy (non-hydrogen) atoms. The molecule has 0 bridgehead atoms. The van der Waals surface area contributed by atoms with Gasteiger partial charge < -0.3 is 5.32 Å². The maximum Gasteiger partial charge on any atom is 0.244 e. The Bertz CT molecular complexity index is 228. The fraction of sp³-hybridized carbons (Fsp3) is 0.750. The zero-order chi connectivity index (χ0) is 10.6. The van der Waals surface area contributed by atoms with Gasteiger partial charge in [0.1, 0.15) is 0 Å². The summed E-state index contributed by atoms with van der Waals surface area (Å²) in [5.74, 6) is 0.710. The van der Waals surface area contributed by atoms with Gasteiger partial charge in [-0.05, 0) is 32.6 Å². The minimum Gasteiger partial charge on any atom is -0.350 e. The van der Waals surface area contributed by atoms with Crippen molar-refractivity contribution in [2.45, 2.75) is 52.5 Å². The van der Waals surface area contributed by atoms with Gasteiger partial charge in [0.05, 0.1) is 0 Å². The van der Waals surface area contributed by atoms with E-state index in [9.17, 15) is 4.79 Å². The van der Waals surface area contributed by atoms with Crippen LogP contribution < -0.4 is 5.32 Å². The molecule has 0 radical (unpaired) electrons. The second-order valence-corrected chi connectivity index (χ2v) is 4.60. The topological polar surface area (TPSA) is 29.1 Å². The van der Waals surface area contributed by atoms with E-state index in [1.165, 1.54) is 19.3 Å². The maximum atomic E-state index is 11.5. The smallest absolute Gasteiger partial charge is 0.244 e. The molecule has 2 heteroatoms. The van der Waals surface area contributed by atoms with Gasteiger partial charge >= 0.3 is 0 Å². The van der Waals surface area contributed by atoms with Crippen molar-refractivity contribution >= 4 is 5.91 Å². The molecule has 2 unspecified atom stereocenters. The average Bonchev–Trinajstić information content (AvgIpc) is 2.07. The van der Waals surface area contributed by atoms with Gasteiger partial charge in [-0.3, -0.25) is 4.79 Å². The molecule has 2 nitrogen and oxygen atoms in total. The third-order valence-corrected chi connectivity index (χ3v) is 2.86. The average molecular weight is 195 g/mol. The molecule has 1 amide bonds. The summed E-state index contributed by atoms with van der Waals surface area (Å²) in [4.78, 5) is 11.5. The third kappa shape index (κ3) is 3.52. The monoisotopic (exact) mass is 195 g/mol. The molecule has 1 saturated carbocycles. The zero-order valence-electron chi connectivity index (χ0n) is 9.47. The number of nitrogens with one attached hydrogen (secondary N) is 1. The van der Waals surface area contributed by atoms with Crippen molar-refractivity contribution in [3.63, 3.8) is 0 Å². The normalized spacial score (nSPS) is 26.8. The van der Waals surface area contributed by atoms with Gasteiger partial charge in [-0.1, -0.05) is 25.3 Å². The Hall–Kier alpha value is -0.790. The molecule has 1 rings (SSSR count). The van der Waals surface area contributed by atoms with Crippen LogP contribution in [0.5, 0.6) is 0 Å². The van der Waals surface area contributed by atoms with Crippen molar-refractivity contribution in [3.05, 3.63) is 11.6 Å². The summed E-state index contributed by atoms with van der Waals surface area (Å²) in [5, 5.41) is 3.08. The Morgan fingerprint density at radius 1 is 1.29 bits per heavy atom. The lowest BCUT2D eigenvalue weighted by Gasteiger charge is -2.29.